The Bertz CT molecular complexity index is 921. The van der Waals surface area contributed by atoms with E-state index in [-0.39, 0.29) is 23.9 Å². The molecule has 1 saturated heterocycles. The molecular formula is C20H23ClN2O5. The van der Waals surface area contributed by atoms with Crippen LogP contribution >= 0.6 is 12.4 Å². The Morgan fingerprint density at radius 2 is 1.96 bits per heavy atom. The first-order valence-corrected chi connectivity index (χ1v) is 9.18. The minimum atomic E-state index is -0.606. The zero-order chi connectivity index (χ0) is 18.8. The number of carbonyl (C=O) groups is 1. The highest BCUT2D eigenvalue weighted by Gasteiger charge is 2.23. The summed E-state index contributed by atoms with van der Waals surface area (Å²) >= 11 is 0. The van der Waals surface area contributed by atoms with E-state index in [1.54, 1.807) is 31.2 Å². The number of rotatable bonds is 3. The van der Waals surface area contributed by atoms with Gasteiger partial charge < -0.3 is 24.5 Å². The number of nitrogens with one attached hydrogen (secondary N) is 2. The summed E-state index contributed by atoms with van der Waals surface area (Å²) in [5, 5.41) is 6.05. The summed E-state index contributed by atoms with van der Waals surface area (Å²) in [6.45, 7) is 4.49. The quantitative estimate of drug-likeness (QED) is 0.814. The number of ether oxygens (including phenoxy) is 2. The van der Waals surface area contributed by atoms with Crippen molar-refractivity contribution in [1.82, 2.24) is 5.32 Å². The molecule has 1 unspecified atom stereocenters. The number of piperidine rings is 1. The van der Waals surface area contributed by atoms with Crippen LogP contribution in [0.4, 0.5) is 5.69 Å². The first-order valence-electron chi connectivity index (χ1n) is 9.18. The fourth-order valence-electron chi connectivity index (χ4n) is 3.52. The molecule has 8 heteroatoms. The first-order chi connectivity index (χ1) is 13.1. The van der Waals surface area contributed by atoms with Crippen LogP contribution < -0.4 is 25.7 Å². The molecule has 28 heavy (non-hydrogen) atoms. The van der Waals surface area contributed by atoms with E-state index in [0.29, 0.717) is 41.7 Å². The van der Waals surface area contributed by atoms with Gasteiger partial charge in [0.25, 0.3) is 5.91 Å². The molecule has 1 fully saturated rings. The second-order valence-electron chi connectivity index (χ2n) is 6.85. The molecule has 0 saturated carbocycles. The molecule has 2 N–H and O–H groups in total. The van der Waals surface area contributed by atoms with E-state index in [2.05, 4.69) is 10.6 Å². The molecule has 0 radical (unpaired) electrons. The van der Waals surface area contributed by atoms with Gasteiger partial charge in [0.15, 0.2) is 11.5 Å². The van der Waals surface area contributed by atoms with Gasteiger partial charge in [-0.3, -0.25) is 4.79 Å². The molecule has 0 spiro atoms. The maximum atomic E-state index is 12.7. The third kappa shape index (κ3) is 4.15. The zero-order valence-electron chi connectivity index (χ0n) is 15.6. The summed E-state index contributed by atoms with van der Waals surface area (Å²) < 4.78 is 16.5. The highest BCUT2D eigenvalue weighted by Crippen LogP contribution is 2.32. The molecule has 1 atom stereocenters. The molecule has 7 nitrogen and oxygen atoms in total. The van der Waals surface area contributed by atoms with Crippen molar-refractivity contribution in [2.45, 2.75) is 25.7 Å². The highest BCUT2D eigenvalue weighted by molar-refractivity contribution is 6.05. The third-order valence-electron chi connectivity index (χ3n) is 4.89. The molecule has 0 aliphatic carbocycles. The van der Waals surface area contributed by atoms with Gasteiger partial charge in [0.05, 0.1) is 0 Å². The van der Waals surface area contributed by atoms with Crippen LogP contribution in [-0.2, 0) is 0 Å². The standard InChI is InChI=1S/C20H22N2O5.ClH/c1-12-9-16(13-3-2-6-21-11-13)27-20(24)18(12)19(23)22-14-4-5-15-17(10-14)26-8-7-25-15;/h4-5,9-10,13,21H,2-3,6-8,11H2,1H3,(H,22,23);1H. The Kier molecular flexibility index (Phi) is 6.26. The summed E-state index contributed by atoms with van der Waals surface area (Å²) in [6, 6.07) is 6.94. The number of carbonyl (C=O) groups excluding carboxylic acids is 1. The van der Waals surface area contributed by atoms with Crippen LogP contribution in [0.3, 0.4) is 0 Å². The first kappa shape index (κ1) is 20.2. The van der Waals surface area contributed by atoms with E-state index in [9.17, 15) is 9.59 Å². The fourth-order valence-corrected chi connectivity index (χ4v) is 3.52. The topological polar surface area (TPSA) is 89.8 Å². The summed E-state index contributed by atoms with van der Waals surface area (Å²) in [5.41, 5.74) is 0.563. The molecular weight excluding hydrogens is 384 g/mol. The van der Waals surface area contributed by atoms with Gasteiger partial charge in [0, 0.05) is 24.2 Å². The number of amides is 1. The lowest BCUT2D eigenvalue weighted by Crippen LogP contribution is -2.30. The van der Waals surface area contributed by atoms with E-state index in [4.69, 9.17) is 13.9 Å². The maximum absolute atomic E-state index is 12.7. The van der Waals surface area contributed by atoms with Gasteiger partial charge in [-0.1, -0.05) is 0 Å². The van der Waals surface area contributed by atoms with Crippen LogP contribution in [-0.4, -0.2) is 32.2 Å². The summed E-state index contributed by atoms with van der Waals surface area (Å²) in [7, 11) is 0. The average molecular weight is 407 g/mol. The third-order valence-corrected chi connectivity index (χ3v) is 4.89. The normalized spacial score (nSPS) is 18.1. The summed E-state index contributed by atoms with van der Waals surface area (Å²) in [4.78, 5) is 25.1. The Morgan fingerprint density at radius 3 is 2.68 bits per heavy atom. The minimum Gasteiger partial charge on any atom is -0.486 e. The molecule has 4 rings (SSSR count). The van der Waals surface area contributed by atoms with Crippen LogP contribution in [0.15, 0.2) is 33.5 Å². The molecule has 1 aromatic carbocycles. The van der Waals surface area contributed by atoms with Crippen molar-refractivity contribution in [2.75, 3.05) is 31.6 Å². The SMILES string of the molecule is Cc1cc(C2CCCNC2)oc(=O)c1C(=O)Nc1ccc2c(c1)OCCO2.Cl. The van der Waals surface area contributed by atoms with Crippen LogP contribution in [0.5, 0.6) is 11.5 Å². The van der Waals surface area contributed by atoms with Gasteiger partial charge in [-0.15, -0.1) is 12.4 Å². The number of aryl methyl sites for hydroxylation is 1. The van der Waals surface area contributed by atoms with Gasteiger partial charge in [-0.25, -0.2) is 4.79 Å². The molecule has 2 aliphatic heterocycles. The Hall–Kier alpha value is -2.51. The van der Waals surface area contributed by atoms with Crippen LogP contribution in [0.2, 0.25) is 0 Å². The van der Waals surface area contributed by atoms with E-state index in [1.807, 2.05) is 0 Å². The molecule has 2 aliphatic rings. The molecule has 0 bridgehead atoms. The second kappa shape index (κ2) is 8.67. The fraction of sp³-hybridized carbons (Fsp3) is 0.400. The van der Waals surface area contributed by atoms with Crippen molar-refractivity contribution in [3.8, 4) is 11.5 Å². The minimum absolute atomic E-state index is 0. The Labute approximate surface area is 168 Å². The van der Waals surface area contributed by atoms with Gasteiger partial charge in [-0.2, -0.15) is 0 Å². The van der Waals surface area contributed by atoms with Gasteiger partial charge in [0.1, 0.15) is 24.5 Å². The second-order valence-corrected chi connectivity index (χ2v) is 6.85. The zero-order valence-corrected chi connectivity index (χ0v) is 16.4. The Morgan fingerprint density at radius 1 is 1.18 bits per heavy atom. The highest BCUT2D eigenvalue weighted by atomic mass is 35.5. The Balaban J connectivity index is 0.00000225. The number of hydrogen-bond donors (Lipinski definition) is 2. The molecule has 2 aromatic rings. The average Bonchev–Trinajstić information content (AvgIpc) is 2.68. The monoisotopic (exact) mass is 406 g/mol. The predicted octanol–water partition coefficient (Wildman–Crippen LogP) is 2.86. The van der Waals surface area contributed by atoms with Crippen LogP contribution in [0.1, 0.15) is 40.4 Å². The lowest BCUT2D eigenvalue weighted by molar-refractivity contribution is 0.102. The van der Waals surface area contributed by atoms with E-state index >= 15 is 0 Å². The predicted molar refractivity (Wildman–Crippen MR) is 107 cm³/mol. The van der Waals surface area contributed by atoms with Gasteiger partial charge >= 0.3 is 5.63 Å². The lowest BCUT2D eigenvalue weighted by atomic mass is 9.95. The van der Waals surface area contributed by atoms with Crippen molar-refractivity contribution in [1.29, 1.82) is 0 Å². The van der Waals surface area contributed by atoms with Crippen molar-refractivity contribution in [3.05, 3.63) is 51.6 Å². The van der Waals surface area contributed by atoms with Crippen molar-refractivity contribution >= 4 is 24.0 Å². The van der Waals surface area contributed by atoms with E-state index in [1.165, 1.54) is 0 Å². The molecule has 1 aromatic heterocycles. The lowest BCUT2D eigenvalue weighted by Gasteiger charge is -2.22. The number of hydrogen-bond acceptors (Lipinski definition) is 6. The van der Waals surface area contributed by atoms with E-state index in [0.717, 1.165) is 25.9 Å². The van der Waals surface area contributed by atoms with Crippen LogP contribution in [0, 0.1) is 6.92 Å². The van der Waals surface area contributed by atoms with Gasteiger partial charge in [-0.05, 0) is 50.1 Å². The van der Waals surface area contributed by atoms with Crippen molar-refractivity contribution < 1.29 is 18.7 Å². The number of fused-ring (bicyclic) bond motifs is 1. The largest absolute Gasteiger partial charge is 0.486 e. The smallest absolute Gasteiger partial charge is 0.349 e. The summed E-state index contributed by atoms with van der Waals surface area (Å²) in [5.74, 6) is 1.52. The van der Waals surface area contributed by atoms with Crippen LogP contribution in [0.25, 0.3) is 0 Å². The number of benzene rings is 1. The van der Waals surface area contributed by atoms with Crippen molar-refractivity contribution in [3.63, 3.8) is 0 Å². The molecule has 150 valence electrons. The summed E-state index contributed by atoms with van der Waals surface area (Å²) in [6.07, 6.45) is 2.01. The molecule has 3 heterocycles. The van der Waals surface area contributed by atoms with E-state index < -0.39 is 11.5 Å². The van der Waals surface area contributed by atoms with Gasteiger partial charge in [0.2, 0.25) is 0 Å². The molecule has 1 amide bonds. The van der Waals surface area contributed by atoms with Crippen molar-refractivity contribution in [2.24, 2.45) is 0 Å². The number of halogens is 1. The maximum Gasteiger partial charge on any atom is 0.349 e. The number of anilines is 1.